The first-order valence-electron chi connectivity index (χ1n) is 6.86. The van der Waals surface area contributed by atoms with Crippen molar-refractivity contribution in [2.45, 2.75) is 51.6 Å². The molecule has 0 bridgehead atoms. The van der Waals surface area contributed by atoms with Gasteiger partial charge < -0.3 is 15.7 Å². The van der Waals surface area contributed by atoms with Gasteiger partial charge in [-0.2, -0.15) is 0 Å². The molecular formula is C13H25N3O3. The largest absolute Gasteiger partial charge is 0.481 e. The molecule has 6 heteroatoms. The van der Waals surface area contributed by atoms with Gasteiger partial charge in [0.2, 0.25) is 0 Å². The van der Waals surface area contributed by atoms with Crippen molar-refractivity contribution in [3.05, 3.63) is 0 Å². The minimum atomic E-state index is -0.920. The average Bonchev–Trinajstić information content (AvgIpc) is 3.05. The van der Waals surface area contributed by atoms with Crippen LogP contribution in [0.4, 0.5) is 4.79 Å². The Bertz CT molecular complexity index is 327. The van der Waals surface area contributed by atoms with E-state index in [0.29, 0.717) is 12.6 Å². The highest BCUT2D eigenvalue weighted by atomic mass is 16.4. The second kappa shape index (κ2) is 6.75. The summed E-state index contributed by atoms with van der Waals surface area (Å²) in [7, 11) is 0. The smallest absolute Gasteiger partial charge is 0.315 e. The van der Waals surface area contributed by atoms with Gasteiger partial charge in [0, 0.05) is 24.7 Å². The molecule has 6 nitrogen and oxygen atoms in total. The van der Waals surface area contributed by atoms with Gasteiger partial charge in [0.05, 0.1) is 6.42 Å². The van der Waals surface area contributed by atoms with Gasteiger partial charge in [-0.1, -0.05) is 6.92 Å². The molecule has 110 valence electrons. The normalized spacial score (nSPS) is 15.4. The predicted octanol–water partition coefficient (Wildman–Crippen LogP) is 1.02. The molecule has 3 N–H and O–H groups in total. The SMILES string of the molecule is CCN(CCNC(=O)NC(C)(C)CC(=O)O)C1CC1. The Morgan fingerprint density at radius 3 is 2.47 bits per heavy atom. The van der Waals surface area contributed by atoms with Crippen LogP contribution in [0.5, 0.6) is 0 Å². The fourth-order valence-electron chi connectivity index (χ4n) is 2.13. The van der Waals surface area contributed by atoms with E-state index >= 15 is 0 Å². The first kappa shape index (κ1) is 15.8. The third-order valence-corrected chi connectivity index (χ3v) is 3.20. The Balaban J connectivity index is 2.21. The van der Waals surface area contributed by atoms with Crippen molar-refractivity contribution in [1.82, 2.24) is 15.5 Å². The maximum absolute atomic E-state index is 11.7. The molecule has 0 aromatic heterocycles. The minimum Gasteiger partial charge on any atom is -0.481 e. The third-order valence-electron chi connectivity index (χ3n) is 3.20. The molecule has 0 unspecified atom stereocenters. The van der Waals surface area contributed by atoms with Gasteiger partial charge in [-0.05, 0) is 33.2 Å². The molecule has 1 rings (SSSR count). The number of aliphatic carboxylic acids is 1. The van der Waals surface area contributed by atoms with Gasteiger partial charge >= 0.3 is 12.0 Å². The van der Waals surface area contributed by atoms with Crippen molar-refractivity contribution >= 4 is 12.0 Å². The van der Waals surface area contributed by atoms with Crippen LogP contribution in [0.2, 0.25) is 0 Å². The molecule has 0 atom stereocenters. The zero-order valence-electron chi connectivity index (χ0n) is 12.0. The maximum atomic E-state index is 11.7. The van der Waals surface area contributed by atoms with Crippen LogP contribution in [0.25, 0.3) is 0 Å². The van der Waals surface area contributed by atoms with E-state index in [9.17, 15) is 9.59 Å². The van der Waals surface area contributed by atoms with Crippen molar-refractivity contribution in [2.75, 3.05) is 19.6 Å². The van der Waals surface area contributed by atoms with Crippen LogP contribution in [0.3, 0.4) is 0 Å². The Hall–Kier alpha value is -1.30. The zero-order valence-corrected chi connectivity index (χ0v) is 12.0. The number of carbonyl (C=O) groups excluding carboxylic acids is 1. The number of urea groups is 1. The highest BCUT2D eigenvalue weighted by Crippen LogP contribution is 2.25. The molecule has 1 aliphatic carbocycles. The van der Waals surface area contributed by atoms with Crippen LogP contribution in [0.1, 0.15) is 40.0 Å². The van der Waals surface area contributed by atoms with E-state index in [4.69, 9.17) is 5.11 Å². The van der Waals surface area contributed by atoms with Gasteiger partial charge in [0.15, 0.2) is 0 Å². The highest BCUT2D eigenvalue weighted by molar-refractivity contribution is 5.76. The van der Waals surface area contributed by atoms with Crippen LogP contribution in [-0.4, -0.2) is 53.2 Å². The van der Waals surface area contributed by atoms with E-state index in [1.165, 1.54) is 12.8 Å². The first-order valence-corrected chi connectivity index (χ1v) is 6.86. The molecule has 1 fully saturated rings. The molecule has 0 aromatic rings. The molecule has 0 saturated heterocycles. The summed E-state index contributed by atoms with van der Waals surface area (Å²) in [6.45, 7) is 7.94. The molecule has 1 saturated carbocycles. The van der Waals surface area contributed by atoms with Gasteiger partial charge in [-0.3, -0.25) is 9.69 Å². The molecule has 19 heavy (non-hydrogen) atoms. The summed E-state index contributed by atoms with van der Waals surface area (Å²) in [6.07, 6.45) is 2.42. The van der Waals surface area contributed by atoms with Crippen LogP contribution >= 0.6 is 0 Å². The predicted molar refractivity (Wildman–Crippen MR) is 73.1 cm³/mol. The second-order valence-corrected chi connectivity index (χ2v) is 5.70. The summed E-state index contributed by atoms with van der Waals surface area (Å²) in [5.74, 6) is -0.920. The Kier molecular flexibility index (Phi) is 5.60. The second-order valence-electron chi connectivity index (χ2n) is 5.70. The van der Waals surface area contributed by atoms with Crippen LogP contribution in [0, 0.1) is 0 Å². The summed E-state index contributed by atoms with van der Waals surface area (Å²) < 4.78 is 0. The van der Waals surface area contributed by atoms with E-state index in [2.05, 4.69) is 22.5 Å². The maximum Gasteiger partial charge on any atom is 0.315 e. The molecular weight excluding hydrogens is 246 g/mol. The van der Waals surface area contributed by atoms with Crippen molar-refractivity contribution in [1.29, 1.82) is 0 Å². The van der Waals surface area contributed by atoms with Crippen LogP contribution in [0.15, 0.2) is 0 Å². The first-order chi connectivity index (χ1) is 8.84. The van der Waals surface area contributed by atoms with Gasteiger partial charge in [-0.25, -0.2) is 4.79 Å². The number of nitrogens with one attached hydrogen (secondary N) is 2. The summed E-state index contributed by atoms with van der Waals surface area (Å²) in [5.41, 5.74) is -0.739. The van der Waals surface area contributed by atoms with Gasteiger partial charge in [0.25, 0.3) is 0 Å². The van der Waals surface area contributed by atoms with E-state index in [1.807, 2.05) is 0 Å². The van der Waals surface area contributed by atoms with Crippen molar-refractivity contribution in [2.24, 2.45) is 0 Å². The summed E-state index contributed by atoms with van der Waals surface area (Å²) in [4.78, 5) is 24.7. The summed E-state index contributed by atoms with van der Waals surface area (Å²) >= 11 is 0. The molecule has 2 amide bonds. The van der Waals surface area contributed by atoms with E-state index in [1.54, 1.807) is 13.8 Å². The van der Waals surface area contributed by atoms with E-state index in [0.717, 1.165) is 13.1 Å². The number of likely N-dealkylation sites (N-methyl/N-ethyl adjacent to an activating group) is 1. The number of rotatable bonds is 8. The zero-order chi connectivity index (χ0) is 14.5. The average molecular weight is 271 g/mol. The van der Waals surface area contributed by atoms with Crippen LogP contribution < -0.4 is 10.6 Å². The lowest BCUT2D eigenvalue weighted by molar-refractivity contribution is -0.138. The number of nitrogens with zero attached hydrogens (tertiary/aromatic N) is 1. The van der Waals surface area contributed by atoms with E-state index < -0.39 is 11.5 Å². The standard InChI is InChI=1S/C13H25N3O3/c1-4-16(10-5-6-10)8-7-14-12(19)15-13(2,3)9-11(17)18/h10H,4-9H2,1-3H3,(H,17,18)(H2,14,15,19). The molecule has 0 aliphatic heterocycles. The topological polar surface area (TPSA) is 81.7 Å². The highest BCUT2D eigenvalue weighted by Gasteiger charge is 2.27. The fourth-order valence-corrected chi connectivity index (χ4v) is 2.13. The lowest BCUT2D eigenvalue weighted by atomic mass is 10.0. The quantitative estimate of drug-likeness (QED) is 0.615. The number of hydrogen-bond acceptors (Lipinski definition) is 3. The lowest BCUT2D eigenvalue weighted by Gasteiger charge is -2.25. The number of carbonyl (C=O) groups is 2. The Morgan fingerprint density at radius 1 is 1.37 bits per heavy atom. The van der Waals surface area contributed by atoms with Crippen molar-refractivity contribution in [3.8, 4) is 0 Å². The van der Waals surface area contributed by atoms with Crippen molar-refractivity contribution < 1.29 is 14.7 Å². The molecule has 0 heterocycles. The summed E-state index contributed by atoms with van der Waals surface area (Å²) in [6, 6.07) is 0.386. The fraction of sp³-hybridized carbons (Fsp3) is 0.846. The monoisotopic (exact) mass is 271 g/mol. The number of carboxylic acid groups (broad SMARTS) is 1. The molecule has 0 radical (unpaired) electrons. The van der Waals surface area contributed by atoms with Gasteiger partial charge in [-0.15, -0.1) is 0 Å². The van der Waals surface area contributed by atoms with E-state index in [-0.39, 0.29) is 12.5 Å². The Labute approximate surface area is 114 Å². The van der Waals surface area contributed by atoms with Gasteiger partial charge in [0.1, 0.15) is 0 Å². The summed E-state index contributed by atoms with van der Waals surface area (Å²) in [5, 5.41) is 14.2. The minimum absolute atomic E-state index is 0.0937. The molecule has 0 aromatic carbocycles. The number of hydrogen-bond donors (Lipinski definition) is 3. The molecule has 1 aliphatic rings. The lowest BCUT2D eigenvalue weighted by Crippen LogP contribution is -2.50. The molecule has 0 spiro atoms. The van der Waals surface area contributed by atoms with Crippen LogP contribution in [-0.2, 0) is 4.79 Å². The Morgan fingerprint density at radius 2 is 2.00 bits per heavy atom. The van der Waals surface area contributed by atoms with Crippen molar-refractivity contribution in [3.63, 3.8) is 0 Å². The third kappa shape index (κ3) is 6.42. The number of amides is 2. The number of carboxylic acids is 1.